The molecule has 7 nitrogen and oxygen atoms in total. The predicted octanol–water partition coefficient (Wildman–Crippen LogP) is 4.78. The molecule has 1 aliphatic rings. The fourth-order valence-corrected chi connectivity index (χ4v) is 4.33. The van der Waals surface area contributed by atoms with E-state index >= 15 is 0 Å². The van der Waals surface area contributed by atoms with Gasteiger partial charge in [-0.3, -0.25) is 4.79 Å². The first-order valence-electron chi connectivity index (χ1n) is 10.3. The number of halogens is 1. The highest BCUT2D eigenvalue weighted by Gasteiger charge is 2.34. The quantitative estimate of drug-likeness (QED) is 0.463. The molecule has 0 N–H and O–H groups in total. The minimum Gasteiger partial charge on any atom is -0.440 e. The summed E-state index contributed by atoms with van der Waals surface area (Å²) in [4.78, 5) is 21.7. The number of hydrogen-bond donors (Lipinski definition) is 0. The molecular weight excluding hydrogens is 414 g/mol. The first kappa shape index (κ1) is 19.8. The molecule has 0 aliphatic carbocycles. The number of carbonyl (C=O) groups excluding carboxylic acids is 1. The zero-order valence-corrected chi connectivity index (χ0v) is 18.1. The Morgan fingerprint density at radius 2 is 1.94 bits per heavy atom. The van der Waals surface area contributed by atoms with Gasteiger partial charge >= 0.3 is 0 Å². The summed E-state index contributed by atoms with van der Waals surface area (Å²) in [5.74, 6) is 0.648. The minimum absolute atomic E-state index is 0.0300. The van der Waals surface area contributed by atoms with E-state index in [0.29, 0.717) is 34.3 Å². The molecule has 2 atom stereocenters. The number of aryl methyl sites for hydroxylation is 1. The smallest absolute Gasteiger partial charge is 0.256 e. The third-order valence-corrected chi connectivity index (χ3v) is 6.11. The number of rotatable bonds is 3. The van der Waals surface area contributed by atoms with Crippen LogP contribution in [0.25, 0.3) is 16.8 Å². The van der Waals surface area contributed by atoms with Crippen LogP contribution in [0.5, 0.6) is 0 Å². The largest absolute Gasteiger partial charge is 0.440 e. The van der Waals surface area contributed by atoms with Crippen molar-refractivity contribution < 1.29 is 9.21 Å². The van der Waals surface area contributed by atoms with Crippen molar-refractivity contribution in [2.75, 3.05) is 6.54 Å². The van der Waals surface area contributed by atoms with Crippen LogP contribution < -0.4 is 0 Å². The third-order valence-electron chi connectivity index (χ3n) is 5.88. The zero-order chi connectivity index (χ0) is 21.5. The zero-order valence-electron chi connectivity index (χ0n) is 17.3. The molecule has 0 unspecified atom stereocenters. The minimum atomic E-state index is -0.0349. The van der Waals surface area contributed by atoms with Crippen LogP contribution in [0.4, 0.5) is 0 Å². The lowest BCUT2D eigenvalue weighted by Crippen LogP contribution is -2.45. The molecule has 5 rings (SSSR count). The summed E-state index contributed by atoms with van der Waals surface area (Å²) in [6.07, 6.45) is 4.99. The Bertz CT molecular complexity index is 1250. The van der Waals surface area contributed by atoms with E-state index < -0.39 is 0 Å². The van der Waals surface area contributed by atoms with Crippen molar-refractivity contribution in [2.45, 2.75) is 38.6 Å². The average Bonchev–Trinajstić information content (AvgIpc) is 3.43. The number of amides is 1. The molecule has 8 heteroatoms. The molecule has 0 spiro atoms. The van der Waals surface area contributed by atoms with Gasteiger partial charge in [0.05, 0.1) is 29.6 Å². The molecule has 3 heterocycles. The van der Waals surface area contributed by atoms with Gasteiger partial charge in [-0.2, -0.15) is 15.0 Å². The molecule has 31 heavy (non-hydrogen) atoms. The van der Waals surface area contributed by atoms with Gasteiger partial charge in [-0.05, 0) is 51.0 Å². The van der Waals surface area contributed by atoms with Gasteiger partial charge in [0.15, 0.2) is 11.5 Å². The first-order chi connectivity index (χ1) is 15.0. The summed E-state index contributed by atoms with van der Waals surface area (Å²) in [5.41, 5.74) is 3.72. The van der Waals surface area contributed by atoms with Crippen molar-refractivity contribution >= 4 is 28.6 Å². The van der Waals surface area contributed by atoms with Crippen LogP contribution in [0.3, 0.4) is 0 Å². The van der Waals surface area contributed by atoms with Crippen LogP contribution in [0.15, 0.2) is 53.2 Å². The maximum Gasteiger partial charge on any atom is 0.256 e. The monoisotopic (exact) mass is 435 g/mol. The van der Waals surface area contributed by atoms with Gasteiger partial charge < -0.3 is 9.32 Å². The number of benzene rings is 2. The summed E-state index contributed by atoms with van der Waals surface area (Å²) < 4.78 is 6.00. The topological polar surface area (TPSA) is 77.1 Å². The summed E-state index contributed by atoms with van der Waals surface area (Å²) in [7, 11) is 0. The van der Waals surface area contributed by atoms with Crippen molar-refractivity contribution in [1.82, 2.24) is 24.9 Å². The Morgan fingerprint density at radius 1 is 1.13 bits per heavy atom. The first-order valence-corrected chi connectivity index (χ1v) is 10.7. The Balaban J connectivity index is 1.47. The van der Waals surface area contributed by atoms with Gasteiger partial charge in [-0.25, -0.2) is 4.98 Å². The molecule has 158 valence electrons. The second-order valence-electron chi connectivity index (χ2n) is 8.08. The van der Waals surface area contributed by atoms with Crippen LogP contribution in [0, 0.1) is 6.92 Å². The van der Waals surface area contributed by atoms with Gasteiger partial charge in [0.2, 0.25) is 0 Å². The van der Waals surface area contributed by atoms with E-state index in [2.05, 4.69) is 22.1 Å². The van der Waals surface area contributed by atoms with E-state index in [1.165, 1.54) is 4.80 Å². The van der Waals surface area contributed by atoms with E-state index in [1.54, 1.807) is 24.5 Å². The molecule has 0 bridgehead atoms. The second-order valence-corrected chi connectivity index (χ2v) is 8.52. The summed E-state index contributed by atoms with van der Waals surface area (Å²) >= 11 is 6.08. The number of likely N-dealkylation sites (tertiary alicyclic amines) is 1. The summed E-state index contributed by atoms with van der Waals surface area (Å²) in [5, 5.41) is 9.05. The van der Waals surface area contributed by atoms with Crippen LogP contribution in [0.1, 0.15) is 47.5 Å². The van der Waals surface area contributed by atoms with E-state index in [4.69, 9.17) is 16.0 Å². The molecular formula is C23H22ClN5O2. The van der Waals surface area contributed by atoms with Crippen molar-refractivity contribution in [2.24, 2.45) is 0 Å². The summed E-state index contributed by atoms with van der Waals surface area (Å²) in [6, 6.07) is 11.3. The Morgan fingerprint density at radius 3 is 2.74 bits per heavy atom. The predicted molar refractivity (Wildman–Crippen MR) is 118 cm³/mol. The maximum atomic E-state index is 13.7. The third kappa shape index (κ3) is 3.70. The van der Waals surface area contributed by atoms with Crippen LogP contribution in [-0.4, -0.2) is 43.4 Å². The van der Waals surface area contributed by atoms with Gasteiger partial charge in [0.1, 0.15) is 5.52 Å². The summed E-state index contributed by atoms with van der Waals surface area (Å²) in [6.45, 7) is 4.60. The molecule has 2 aromatic carbocycles. The SMILES string of the molecule is Cc1ccc(-n2nccn2)c(C(=O)N2C[C@H](c3nc4ccc(Cl)cc4o3)CC[C@H]2C)c1. The van der Waals surface area contributed by atoms with Crippen molar-refractivity contribution in [3.8, 4) is 5.69 Å². The van der Waals surface area contributed by atoms with Gasteiger partial charge in [0.25, 0.3) is 5.91 Å². The van der Waals surface area contributed by atoms with Crippen LogP contribution in [0.2, 0.25) is 5.02 Å². The normalized spacial score (nSPS) is 19.1. The number of carbonyl (C=O) groups is 1. The van der Waals surface area contributed by atoms with E-state index in [1.807, 2.05) is 36.1 Å². The Kier molecular flexibility index (Phi) is 4.98. The van der Waals surface area contributed by atoms with Crippen LogP contribution in [-0.2, 0) is 0 Å². The highest BCUT2D eigenvalue weighted by molar-refractivity contribution is 6.31. The molecule has 1 amide bonds. The van der Waals surface area contributed by atoms with Crippen LogP contribution >= 0.6 is 11.6 Å². The Labute approximate surface area is 184 Å². The number of fused-ring (bicyclic) bond motifs is 1. The van der Waals surface area contributed by atoms with E-state index in [-0.39, 0.29) is 17.9 Å². The average molecular weight is 436 g/mol. The fraction of sp³-hybridized carbons (Fsp3) is 0.304. The molecule has 1 saturated heterocycles. The highest BCUT2D eigenvalue weighted by Crippen LogP contribution is 2.33. The van der Waals surface area contributed by atoms with Gasteiger partial charge in [0, 0.05) is 23.7 Å². The van der Waals surface area contributed by atoms with Crippen molar-refractivity contribution in [3.63, 3.8) is 0 Å². The molecule has 1 fully saturated rings. The van der Waals surface area contributed by atoms with Gasteiger partial charge in [-0.1, -0.05) is 23.2 Å². The second kappa shape index (κ2) is 7.81. The molecule has 1 aliphatic heterocycles. The molecule has 4 aromatic rings. The lowest BCUT2D eigenvalue weighted by atomic mass is 9.92. The number of nitrogens with zero attached hydrogens (tertiary/aromatic N) is 5. The van der Waals surface area contributed by atoms with E-state index in [9.17, 15) is 4.79 Å². The van der Waals surface area contributed by atoms with Gasteiger partial charge in [-0.15, -0.1) is 0 Å². The Hall–Kier alpha value is -3.19. The van der Waals surface area contributed by atoms with Crippen molar-refractivity contribution in [1.29, 1.82) is 0 Å². The maximum absolute atomic E-state index is 13.7. The molecule has 0 saturated carbocycles. The number of hydrogen-bond acceptors (Lipinski definition) is 5. The molecule has 0 radical (unpaired) electrons. The van der Waals surface area contributed by atoms with E-state index in [0.717, 1.165) is 23.9 Å². The standard InChI is InChI=1S/C23H22ClN5O2/c1-14-3-8-20(29-25-9-10-26-29)18(11-14)23(30)28-13-16(5-4-15(28)2)22-27-19-7-6-17(24)12-21(19)31-22/h3,6-12,15-16H,4-5,13H2,1-2H3/t15-,16-/m1/s1. The number of oxazole rings is 1. The highest BCUT2D eigenvalue weighted by atomic mass is 35.5. The lowest BCUT2D eigenvalue weighted by molar-refractivity contribution is 0.0597. The number of piperidine rings is 1. The van der Waals surface area contributed by atoms with Crippen molar-refractivity contribution in [3.05, 3.63) is 70.8 Å². The number of aromatic nitrogens is 4. The molecule has 2 aromatic heterocycles. The lowest BCUT2D eigenvalue weighted by Gasteiger charge is -2.37. The fourth-order valence-electron chi connectivity index (χ4n) is 4.17.